The largest absolute Gasteiger partial charge is 0.328 e. The minimum absolute atomic E-state index is 0.210. The van der Waals surface area contributed by atoms with Gasteiger partial charge in [0.1, 0.15) is 0 Å². The van der Waals surface area contributed by atoms with Crippen molar-refractivity contribution in [1.29, 1.82) is 0 Å². The minimum atomic E-state index is -0.354. The first-order chi connectivity index (χ1) is 17.0. The predicted octanol–water partition coefficient (Wildman–Crippen LogP) is 4.25. The highest BCUT2D eigenvalue weighted by Crippen LogP contribution is 2.60. The van der Waals surface area contributed by atoms with Crippen LogP contribution in [-0.4, -0.2) is 52.6 Å². The summed E-state index contributed by atoms with van der Waals surface area (Å²) in [7, 11) is 0. The van der Waals surface area contributed by atoms with E-state index in [0.717, 1.165) is 35.4 Å². The summed E-state index contributed by atoms with van der Waals surface area (Å²) in [6, 6.07) is 4.01. The second kappa shape index (κ2) is 8.32. The standard InChI is InChI=1S/C28H37N5O2/c34-26-4-7-32(27(35)30-26)25-17-29-33-8-3-20(13-24(25)33)9-19-1-5-31(6-2-19)18-28-14-21-10-22(15-28)12-23(11-21)16-28/h3,8,13,17,19,21-23H,1-2,4-7,9-12,14-16,18H2,(H,30,34,35). The molecule has 1 N–H and O–H groups in total. The van der Waals surface area contributed by atoms with Crippen LogP contribution < -0.4 is 10.2 Å². The summed E-state index contributed by atoms with van der Waals surface area (Å²) in [5.74, 6) is 3.63. The van der Waals surface area contributed by atoms with Gasteiger partial charge >= 0.3 is 6.03 Å². The molecule has 4 bridgehead atoms. The van der Waals surface area contributed by atoms with Gasteiger partial charge in [0.25, 0.3) is 0 Å². The van der Waals surface area contributed by atoms with Gasteiger partial charge in [-0.3, -0.25) is 15.0 Å². The monoisotopic (exact) mass is 475 g/mol. The van der Waals surface area contributed by atoms with Crippen molar-refractivity contribution >= 4 is 23.1 Å². The molecule has 7 nitrogen and oxygen atoms in total. The highest BCUT2D eigenvalue weighted by molar-refractivity contribution is 6.07. The number of carbonyl (C=O) groups excluding carboxylic acids is 2. The fraction of sp³-hybridized carbons (Fsp3) is 0.679. The Morgan fingerprint density at radius 2 is 1.71 bits per heavy atom. The Morgan fingerprint density at radius 1 is 1.00 bits per heavy atom. The molecule has 0 aromatic carbocycles. The number of nitrogens with zero attached hydrogens (tertiary/aromatic N) is 4. The predicted molar refractivity (Wildman–Crippen MR) is 134 cm³/mol. The fourth-order valence-corrected chi connectivity index (χ4v) is 8.78. The molecule has 4 saturated carbocycles. The highest BCUT2D eigenvalue weighted by Gasteiger charge is 2.51. The summed E-state index contributed by atoms with van der Waals surface area (Å²) in [6.07, 6.45) is 16.8. The number of likely N-dealkylation sites (tertiary alicyclic amines) is 1. The Balaban J connectivity index is 0.991. The number of hydrogen-bond acceptors (Lipinski definition) is 4. The average Bonchev–Trinajstić information content (AvgIpc) is 3.22. The summed E-state index contributed by atoms with van der Waals surface area (Å²) in [4.78, 5) is 28.3. The van der Waals surface area contributed by atoms with E-state index in [4.69, 9.17) is 0 Å². The molecule has 2 aromatic rings. The van der Waals surface area contributed by atoms with E-state index in [1.807, 2.05) is 10.7 Å². The molecule has 4 aliphatic carbocycles. The molecule has 2 saturated heterocycles. The molecule has 186 valence electrons. The number of rotatable bonds is 5. The van der Waals surface area contributed by atoms with E-state index >= 15 is 0 Å². The van der Waals surface area contributed by atoms with Gasteiger partial charge in [-0.1, -0.05) is 0 Å². The van der Waals surface area contributed by atoms with Crippen molar-refractivity contribution in [3.63, 3.8) is 0 Å². The molecular weight excluding hydrogens is 438 g/mol. The first-order valence-electron chi connectivity index (χ1n) is 13.8. The van der Waals surface area contributed by atoms with Crippen molar-refractivity contribution in [3.05, 3.63) is 30.1 Å². The maximum Gasteiger partial charge on any atom is 0.328 e. The number of urea groups is 1. The Bertz CT molecular complexity index is 1110. The number of piperidine rings is 1. The zero-order valence-corrected chi connectivity index (χ0v) is 20.6. The van der Waals surface area contributed by atoms with E-state index in [-0.39, 0.29) is 11.9 Å². The van der Waals surface area contributed by atoms with Crippen LogP contribution in [0.4, 0.5) is 10.5 Å². The van der Waals surface area contributed by atoms with E-state index in [2.05, 4.69) is 27.4 Å². The molecule has 0 atom stereocenters. The van der Waals surface area contributed by atoms with Gasteiger partial charge < -0.3 is 4.90 Å². The number of amides is 3. The second-order valence-electron chi connectivity index (χ2n) is 12.5. The molecule has 6 fully saturated rings. The molecule has 0 radical (unpaired) electrons. The lowest BCUT2D eigenvalue weighted by Crippen LogP contribution is -2.52. The van der Waals surface area contributed by atoms with Gasteiger partial charge in [-0.05, 0) is 118 Å². The molecule has 8 rings (SSSR count). The summed E-state index contributed by atoms with van der Waals surface area (Å²) in [6.45, 7) is 4.25. The lowest BCUT2D eigenvalue weighted by Gasteiger charge is -2.58. The lowest BCUT2D eigenvalue weighted by molar-refractivity contribution is -0.120. The van der Waals surface area contributed by atoms with Crippen LogP contribution in [0.15, 0.2) is 24.5 Å². The van der Waals surface area contributed by atoms with E-state index in [1.54, 1.807) is 11.1 Å². The van der Waals surface area contributed by atoms with E-state index in [9.17, 15) is 9.59 Å². The van der Waals surface area contributed by atoms with Gasteiger partial charge in [0.15, 0.2) is 0 Å². The quantitative estimate of drug-likeness (QED) is 0.702. The topological polar surface area (TPSA) is 70.0 Å². The number of hydrogen-bond donors (Lipinski definition) is 1. The van der Waals surface area contributed by atoms with Crippen LogP contribution in [0.2, 0.25) is 0 Å². The highest BCUT2D eigenvalue weighted by atomic mass is 16.2. The third-order valence-electron chi connectivity index (χ3n) is 9.87. The second-order valence-corrected chi connectivity index (χ2v) is 12.5. The van der Waals surface area contributed by atoms with Crippen LogP contribution in [0.25, 0.3) is 5.52 Å². The Labute approximate surface area is 207 Å². The van der Waals surface area contributed by atoms with Crippen LogP contribution in [0.3, 0.4) is 0 Å². The number of anilines is 1. The third-order valence-corrected chi connectivity index (χ3v) is 9.87. The zero-order valence-electron chi connectivity index (χ0n) is 20.6. The van der Waals surface area contributed by atoms with Crippen molar-refractivity contribution < 1.29 is 9.59 Å². The molecule has 0 spiro atoms. The first-order valence-corrected chi connectivity index (χ1v) is 13.8. The van der Waals surface area contributed by atoms with E-state index in [1.165, 1.54) is 76.6 Å². The summed E-state index contributed by atoms with van der Waals surface area (Å²) < 4.78 is 1.83. The normalized spacial score (nSPS) is 33.6. The molecule has 6 aliphatic rings. The van der Waals surface area contributed by atoms with Gasteiger partial charge in [-0.2, -0.15) is 5.10 Å². The molecule has 3 amide bonds. The number of fused-ring (bicyclic) bond motifs is 1. The number of carbonyl (C=O) groups is 2. The van der Waals surface area contributed by atoms with Crippen LogP contribution in [0, 0.1) is 29.1 Å². The Kier molecular flexibility index (Phi) is 5.19. The van der Waals surface area contributed by atoms with Crippen LogP contribution >= 0.6 is 0 Å². The molecule has 4 heterocycles. The Hall–Kier alpha value is -2.41. The maximum atomic E-state index is 12.4. The van der Waals surface area contributed by atoms with E-state index in [0.29, 0.717) is 24.3 Å². The van der Waals surface area contributed by atoms with Gasteiger partial charge in [0, 0.05) is 25.7 Å². The van der Waals surface area contributed by atoms with Crippen molar-refractivity contribution in [1.82, 2.24) is 19.8 Å². The number of nitrogens with one attached hydrogen (secondary N) is 1. The van der Waals surface area contributed by atoms with Gasteiger partial charge in [0.05, 0.1) is 17.4 Å². The Morgan fingerprint density at radius 3 is 2.40 bits per heavy atom. The van der Waals surface area contributed by atoms with Crippen molar-refractivity contribution in [3.8, 4) is 0 Å². The number of pyridine rings is 1. The lowest BCUT2D eigenvalue weighted by atomic mass is 9.49. The number of imide groups is 1. The molecule has 2 aromatic heterocycles. The van der Waals surface area contributed by atoms with Gasteiger partial charge in [0.2, 0.25) is 5.91 Å². The summed E-state index contributed by atoms with van der Waals surface area (Å²) >= 11 is 0. The zero-order chi connectivity index (χ0) is 23.6. The van der Waals surface area contributed by atoms with E-state index < -0.39 is 0 Å². The summed E-state index contributed by atoms with van der Waals surface area (Å²) in [5, 5.41) is 6.86. The first kappa shape index (κ1) is 21.8. The smallest absolute Gasteiger partial charge is 0.303 e. The van der Waals surface area contributed by atoms with Crippen LogP contribution in [0.1, 0.15) is 63.4 Å². The van der Waals surface area contributed by atoms with Crippen molar-refractivity contribution in [2.45, 2.75) is 64.2 Å². The van der Waals surface area contributed by atoms with Gasteiger partial charge in [-0.25, -0.2) is 9.31 Å². The molecule has 0 unspecified atom stereocenters. The van der Waals surface area contributed by atoms with Crippen molar-refractivity contribution in [2.24, 2.45) is 29.1 Å². The molecule has 35 heavy (non-hydrogen) atoms. The average molecular weight is 476 g/mol. The van der Waals surface area contributed by atoms with Crippen molar-refractivity contribution in [2.75, 3.05) is 31.1 Å². The number of aromatic nitrogens is 2. The van der Waals surface area contributed by atoms with Crippen LogP contribution in [-0.2, 0) is 11.2 Å². The van der Waals surface area contributed by atoms with Gasteiger partial charge in [-0.15, -0.1) is 0 Å². The molecule has 2 aliphatic heterocycles. The fourth-order valence-electron chi connectivity index (χ4n) is 8.78. The maximum absolute atomic E-state index is 12.4. The molecule has 7 heteroatoms. The summed E-state index contributed by atoms with van der Waals surface area (Å²) in [5.41, 5.74) is 3.68. The molecular formula is C28H37N5O2. The third kappa shape index (κ3) is 4.05. The minimum Gasteiger partial charge on any atom is -0.303 e. The SMILES string of the molecule is O=C1CCN(c2cnn3ccc(CC4CCN(CC56CC7CC(CC(C7)C5)C6)CC4)cc23)C(=O)N1. The van der Waals surface area contributed by atoms with Crippen LogP contribution in [0.5, 0.6) is 0 Å².